The Kier molecular flexibility index (Phi) is 8.20. The average molecular weight is 756 g/mol. The minimum Gasteiger partial charge on any atom is -0.455 e. The van der Waals surface area contributed by atoms with Crippen molar-refractivity contribution in [1.29, 1.82) is 0 Å². The zero-order valence-corrected chi connectivity index (χ0v) is 33.1. The lowest BCUT2D eigenvalue weighted by Gasteiger charge is -2.27. The van der Waals surface area contributed by atoms with Gasteiger partial charge in [0.15, 0.2) is 0 Å². The highest BCUT2D eigenvalue weighted by atomic mass is 16.3. The predicted octanol–water partition coefficient (Wildman–Crippen LogP) is 16.0. The Labute approximate surface area is 345 Å². The molecule has 9 aromatic carbocycles. The van der Waals surface area contributed by atoms with Gasteiger partial charge in [-0.25, -0.2) is 0 Å². The summed E-state index contributed by atoms with van der Waals surface area (Å²) in [5.74, 6) is 0. The highest BCUT2D eigenvalue weighted by Crippen LogP contribution is 2.50. The third-order valence-corrected chi connectivity index (χ3v) is 12.3. The molecule has 0 radical (unpaired) electrons. The molecule has 280 valence electrons. The van der Waals surface area contributed by atoms with Gasteiger partial charge in [0.05, 0.1) is 11.1 Å². The molecule has 0 spiro atoms. The van der Waals surface area contributed by atoms with E-state index in [1.807, 2.05) is 6.07 Å². The Balaban J connectivity index is 1.06. The second-order valence-corrected chi connectivity index (χ2v) is 16.1. The Morgan fingerprint density at radius 1 is 0.373 bits per heavy atom. The fraction of sp³-hybridized carbons (Fsp3) is 0.0526. The van der Waals surface area contributed by atoms with Gasteiger partial charge in [0.2, 0.25) is 0 Å². The molecule has 1 aromatic heterocycles. The molecule has 1 aliphatic rings. The van der Waals surface area contributed by atoms with Crippen LogP contribution in [0.25, 0.3) is 77.6 Å². The summed E-state index contributed by atoms with van der Waals surface area (Å²) >= 11 is 0. The molecule has 0 unspecified atom stereocenters. The fourth-order valence-electron chi connectivity index (χ4n) is 9.27. The number of para-hydroxylation sites is 1. The molecule has 0 fully saturated rings. The number of nitrogens with zero attached hydrogens (tertiary/aromatic N) is 1. The average Bonchev–Trinajstić information content (AvgIpc) is 3.80. The topological polar surface area (TPSA) is 16.4 Å². The first-order valence-electron chi connectivity index (χ1n) is 20.4. The maximum Gasteiger partial charge on any atom is 0.145 e. The van der Waals surface area contributed by atoms with Gasteiger partial charge in [-0.05, 0) is 110 Å². The third kappa shape index (κ3) is 5.87. The Morgan fingerprint density at radius 3 is 1.68 bits per heavy atom. The normalized spacial score (nSPS) is 12.7. The van der Waals surface area contributed by atoms with Crippen molar-refractivity contribution >= 4 is 39.0 Å². The largest absolute Gasteiger partial charge is 0.455 e. The number of fused-ring (bicyclic) bond motifs is 6. The van der Waals surface area contributed by atoms with E-state index in [1.165, 1.54) is 50.1 Å². The van der Waals surface area contributed by atoms with Crippen LogP contribution in [-0.2, 0) is 5.41 Å². The van der Waals surface area contributed by atoms with Gasteiger partial charge in [-0.15, -0.1) is 0 Å². The van der Waals surface area contributed by atoms with Gasteiger partial charge < -0.3 is 9.32 Å². The molecular formula is C57H41NO. The first-order chi connectivity index (χ1) is 29.0. The lowest BCUT2D eigenvalue weighted by molar-refractivity contribution is 0.660. The minimum atomic E-state index is -0.0593. The van der Waals surface area contributed by atoms with Crippen molar-refractivity contribution in [3.63, 3.8) is 0 Å². The number of anilines is 3. The van der Waals surface area contributed by atoms with Crippen LogP contribution in [-0.4, -0.2) is 0 Å². The SMILES string of the molecule is CC1(C)c2ccccc2-c2ccc(-c3ccc(N(c4cccc(-c5ccc(-c6ccccc6)cc5)c4)c4ccc(-c5ccccc5)c5oc6ccccc6c45)cc3)cc21. The molecular weight excluding hydrogens is 715 g/mol. The van der Waals surface area contributed by atoms with Crippen molar-refractivity contribution in [3.8, 4) is 55.6 Å². The molecule has 0 atom stereocenters. The minimum absolute atomic E-state index is 0.0593. The lowest BCUT2D eigenvalue weighted by Crippen LogP contribution is -2.14. The van der Waals surface area contributed by atoms with E-state index in [2.05, 4.69) is 225 Å². The molecule has 11 rings (SSSR count). The molecule has 59 heavy (non-hydrogen) atoms. The van der Waals surface area contributed by atoms with Gasteiger partial charge >= 0.3 is 0 Å². The van der Waals surface area contributed by atoms with Crippen LogP contribution < -0.4 is 4.90 Å². The first-order valence-corrected chi connectivity index (χ1v) is 20.4. The highest BCUT2D eigenvalue weighted by molar-refractivity contribution is 6.17. The van der Waals surface area contributed by atoms with E-state index in [0.29, 0.717) is 0 Å². The molecule has 0 N–H and O–H groups in total. The second-order valence-electron chi connectivity index (χ2n) is 16.1. The van der Waals surface area contributed by atoms with Gasteiger partial charge in [0.1, 0.15) is 11.2 Å². The zero-order chi connectivity index (χ0) is 39.5. The van der Waals surface area contributed by atoms with Crippen molar-refractivity contribution in [2.75, 3.05) is 4.90 Å². The third-order valence-electron chi connectivity index (χ3n) is 12.3. The van der Waals surface area contributed by atoms with E-state index in [9.17, 15) is 0 Å². The van der Waals surface area contributed by atoms with Gasteiger partial charge in [-0.2, -0.15) is 0 Å². The summed E-state index contributed by atoms with van der Waals surface area (Å²) in [5.41, 5.74) is 19.7. The van der Waals surface area contributed by atoms with Crippen LogP contribution in [0.15, 0.2) is 217 Å². The van der Waals surface area contributed by atoms with E-state index in [-0.39, 0.29) is 5.41 Å². The fourth-order valence-corrected chi connectivity index (χ4v) is 9.27. The molecule has 1 aliphatic carbocycles. The van der Waals surface area contributed by atoms with Crippen LogP contribution in [0.1, 0.15) is 25.0 Å². The van der Waals surface area contributed by atoms with E-state index < -0.39 is 0 Å². The number of rotatable bonds is 7. The van der Waals surface area contributed by atoms with Crippen molar-refractivity contribution in [2.24, 2.45) is 0 Å². The smallest absolute Gasteiger partial charge is 0.145 e. The maximum absolute atomic E-state index is 6.77. The summed E-state index contributed by atoms with van der Waals surface area (Å²) in [6.07, 6.45) is 0. The first kappa shape index (κ1) is 34.8. The molecule has 10 aromatic rings. The Bertz CT molecular complexity index is 3160. The summed E-state index contributed by atoms with van der Waals surface area (Å²) in [6.45, 7) is 4.69. The van der Waals surface area contributed by atoms with Crippen LogP contribution in [0.5, 0.6) is 0 Å². The van der Waals surface area contributed by atoms with E-state index in [4.69, 9.17) is 4.42 Å². The highest BCUT2D eigenvalue weighted by Gasteiger charge is 2.35. The maximum atomic E-state index is 6.77. The Hall–Kier alpha value is -7.42. The zero-order valence-electron chi connectivity index (χ0n) is 33.1. The molecule has 1 heterocycles. The Morgan fingerprint density at radius 2 is 0.915 bits per heavy atom. The van der Waals surface area contributed by atoms with Crippen LogP contribution in [0, 0.1) is 0 Å². The summed E-state index contributed by atoms with van der Waals surface area (Å²) in [7, 11) is 0. The molecule has 2 nitrogen and oxygen atoms in total. The van der Waals surface area contributed by atoms with Crippen molar-refractivity contribution < 1.29 is 4.42 Å². The summed E-state index contributed by atoms with van der Waals surface area (Å²) in [4.78, 5) is 2.40. The predicted molar refractivity (Wildman–Crippen MR) is 248 cm³/mol. The standard InChI is InChI=1S/C57H41NO/c1-57(2)51-22-11-9-20-48(51)49-33-30-44(37-52(49)57)41-28-31-45(32-29-41)58(46-19-13-18-43(36-46)40-26-24-39(25-27-40)38-14-5-3-6-15-38)53-35-34-47(42-16-7-4-8-17-42)56-55(53)50-21-10-12-23-54(50)59-56/h3-37H,1-2H3. The van der Waals surface area contributed by atoms with E-state index in [0.717, 1.165) is 55.7 Å². The summed E-state index contributed by atoms with van der Waals surface area (Å²) in [5, 5.41) is 2.18. The number of furan rings is 1. The molecule has 0 saturated heterocycles. The molecule has 2 heteroatoms. The molecule has 0 aliphatic heterocycles. The quantitative estimate of drug-likeness (QED) is 0.161. The van der Waals surface area contributed by atoms with Crippen LogP contribution in [0.2, 0.25) is 0 Å². The summed E-state index contributed by atoms with van der Waals surface area (Å²) < 4.78 is 6.77. The van der Waals surface area contributed by atoms with Crippen molar-refractivity contribution in [1.82, 2.24) is 0 Å². The summed E-state index contributed by atoms with van der Waals surface area (Å²) in [6, 6.07) is 76.7. The molecule has 0 bridgehead atoms. The van der Waals surface area contributed by atoms with Gasteiger partial charge in [-0.1, -0.05) is 178 Å². The van der Waals surface area contributed by atoms with E-state index in [1.54, 1.807) is 0 Å². The monoisotopic (exact) mass is 755 g/mol. The van der Waals surface area contributed by atoms with Crippen LogP contribution >= 0.6 is 0 Å². The number of hydrogen-bond donors (Lipinski definition) is 0. The van der Waals surface area contributed by atoms with Crippen LogP contribution in [0.4, 0.5) is 17.1 Å². The molecule has 0 amide bonds. The second kappa shape index (κ2) is 13.9. The lowest BCUT2D eigenvalue weighted by atomic mass is 9.81. The molecule has 0 saturated carbocycles. The van der Waals surface area contributed by atoms with Crippen LogP contribution in [0.3, 0.4) is 0 Å². The van der Waals surface area contributed by atoms with Gasteiger partial charge in [0, 0.05) is 27.7 Å². The van der Waals surface area contributed by atoms with Gasteiger partial charge in [-0.3, -0.25) is 0 Å². The number of benzene rings is 9. The van der Waals surface area contributed by atoms with Crippen molar-refractivity contribution in [3.05, 3.63) is 223 Å². The van der Waals surface area contributed by atoms with E-state index >= 15 is 0 Å². The van der Waals surface area contributed by atoms with Gasteiger partial charge in [0.25, 0.3) is 0 Å². The number of hydrogen-bond acceptors (Lipinski definition) is 2. The van der Waals surface area contributed by atoms with Crippen molar-refractivity contribution in [2.45, 2.75) is 19.3 Å².